The number of alkyl halides is 1. The SMILES string of the molecule is COC(=O)C(O)c1cc(CF)cc(OC)c1OC. The van der Waals surface area contributed by atoms with Crippen molar-refractivity contribution < 1.29 is 28.5 Å². The van der Waals surface area contributed by atoms with Crippen molar-refractivity contribution in [2.24, 2.45) is 0 Å². The quantitative estimate of drug-likeness (QED) is 0.808. The summed E-state index contributed by atoms with van der Waals surface area (Å²) in [6.45, 7) is -0.749. The minimum Gasteiger partial charge on any atom is -0.493 e. The number of rotatable bonds is 5. The van der Waals surface area contributed by atoms with Gasteiger partial charge in [0.15, 0.2) is 17.6 Å². The lowest BCUT2D eigenvalue weighted by Crippen LogP contribution is -2.15. The van der Waals surface area contributed by atoms with Crippen LogP contribution in [-0.4, -0.2) is 32.4 Å². The van der Waals surface area contributed by atoms with Crippen molar-refractivity contribution >= 4 is 5.97 Å². The van der Waals surface area contributed by atoms with E-state index in [4.69, 9.17) is 9.47 Å². The smallest absolute Gasteiger partial charge is 0.339 e. The molecule has 1 N–H and O–H groups in total. The number of halogens is 1. The fourth-order valence-corrected chi connectivity index (χ4v) is 1.57. The van der Waals surface area contributed by atoms with Crippen LogP contribution in [0.2, 0.25) is 0 Å². The van der Waals surface area contributed by atoms with Gasteiger partial charge in [0, 0.05) is 5.56 Å². The second-order valence-corrected chi connectivity index (χ2v) is 3.48. The first kappa shape index (κ1) is 14.2. The summed E-state index contributed by atoms with van der Waals surface area (Å²) in [5, 5.41) is 9.81. The van der Waals surface area contributed by atoms with Crippen molar-refractivity contribution in [1.82, 2.24) is 0 Å². The van der Waals surface area contributed by atoms with Gasteiger partial charge in [-0.05, 0) is 17.7 Å². The van der Waals surface area contributed by atoms with Crippen LogP contribution in [0.5, 0.6) is 11.5 Å². The van der Waals surface area contributed by atoms with E-state index in [-0.39, 0.29) is 22.6 Å². The average Bonchev–Trinajstić information content (AvgIpc) is 2.43. The van der Waals surface area contributed by atoms with Gasteiger partial charge in [-0.3, -0.25) is 0 Å². The van der Waals surface area contributed by atoms with Gasteiger partial charge in [0.25, 0.3) is 0 Å². The van der Waals surface area contributed by atoms with Gasteiger partial charge in [0.05, 0.1) is 21.3 Å². The van der Waals surface area contributed by atoms with Crippen LogP contribution in [0.4, 0.5) is 4.39 Å². The van der Waals surface area contributed by atoms with Gasteiger partial charge in [-0.2, -0.15) is 0 Å². The fraction of sp³-hybridized carbons (Fsp3) is 0.417. The Labute approximate surface area is 104 Å². The van der Waals surface area contributed by atoms with Crippen molar-refractivity contribution in [3.8, 4) is 11.5 Å². The maximum absolute atomic E-state index is 12.7. The maximum Gasteiger partial charge on any atom is 0.339 e. The normalized spacial score (nSPS) is 11.8. The molecule has 0 saturated heterocycles. The minimum absolute atomic E-state index is 0.108. The van der Waals surface area contributed by atoms with Crippen LogP contribution in [-0.2, 0) is 16.2 Å². The molecule has 0 bridgehead atoms. The molecule has 0 aliphatic carbocycles. The number of esters is 1. The summed E-state index contributed by atoms with van der Waals surface area (Å²) >= 11 is 0. The second-order valence-electron chi connectivity index (χ2n) is 3.48. The highest BCUT2D eigenvalue weighted by Gasteiger charge is 2.25. The van der Waals surface area contributed by atoms with Crippen LogP contribution in [0.3, 0.4) is 0 Å². The summed E-state index contributed by atoms with van der Waals surface area (Å²) in [7, 11) is 3.89. The molecule has 0 aromatic heterocycles. The van der Waals surface area contributed by atoms with Crippen molar-refractivity contribution in [1.29, 1.82) is 0 Å². The number of carbonyl (C=O) groups excluding carboxylic acids is 1. The summed E-state index contributed by atoms with van der Waals surface area (Å²) in [5.74, 6) is -0.440. The molecule has 100 valence electrons. The van der Waals surface area contributed by atoms with E-state index in [0.29, 0.717) is 0 Å². The molecule has 1 aromatic rings. The summed E-state index contributed by atoms with van der Waals surface area (Å²) in [5.41, 5.74) is 0.377. The number of aliphatic hydroxyl groups excluding tert-OH is 1. The molecule has 1 aromatic carbocycles. The first-order valence-electron chi connectivity index (χ1n) is 5.15. The lowest BCUT2D eigenvalue weighted by atomic mass is 10.0. The van der Waals surface area contributed by atoms with Crippen LogP contribution in [0.1, 0.15) is 17.2 Å². The van der Waals surface area contributed by atoms with Gasteiger partial charge in [-0.1, -0.05) is 0 Å². The van der Waals surface area contributed by atoms with Crippen molar-refractivity contribution in [3.63, 3.8) is 0 Å². The molecule has 1 rings (SSSR count). The number of carbonyl (C=O) groups is 1. The maximum atomic E-state index is 12.7. The van der Waals surface area contributed by atoms with E-state index in [1.165, 1.54) is 26.4 Å². The van der Waals surface area contributed by atoms with Gasteiger partial charge in [-0.25, -0.2) is 9.18 Å². The molecule has 1 atom stereocenters. The van der Waals surface area contributed by atoms with E-state index in [0.717, 1.165) is 7.11 Å². The lowest BCUT2D eigenvalue weighted by Gasteiger charge is -2.17. The summed E-state index contributed by atoms with van der Waals surface area (Å²) in [6, 6.07) is 2.77. The number of aliphatic hydroxyl groups is 1. The molecule has 0 fully saturated rings. The average molecular weight is 258 g/mol. The third-order valence-electron chi connectivity index (χ3n) is 2.44. The molecular weight excluding hydrogens is 243 g/mol. The number of hydrogen-bond acceptors (Lipinski definition) is 5. The number of methoxy groups -OCH3 is 3. The predicted octanol–water partition coefficient (Wildman–Crippen LogP) is 1.38. The Morgan fingerprint density at radius 1 is 1.33 bits per heavy atom. The van der Waals surface area contributed by atoms with Crippen LogP contribution in [0.15, 0.2) is 12.1 Å². The molecule has 0 aliphatic heterocycles. The Morgan fingerprint density at radius 2 is 2.00 bits per heavy atom. The third kappa shape index (κ3) is 2.70. The topological polar surface area (TPSA) is 65.0 Å². The highest BCUT2D eigenvalue weighted by atomic mass is 19.1. The van der Waals surface area contributed by atoms with Crippen LogP contribution >= 0.6 is 0 Å². The van der Waals surface area contributed by atoms with Crippen LogP contribution < -0.4 is 9.47 Å². The number of hydrogen-bond donors (Lipinski definition) is 1. The van der Waals surface area contributed by atoms with E-state index in [9.17, 15) is 14.3 Å². The minimum atomic E-state index is -1.55. The first-order chi connectivity index (χ1) is 8.58. The lowest BCUT2D eigenvalue weighted by molar-refractivity contribution is -0.150. The molecule has 6 heteroatoms. The Morgan fingerprint density at radius 3 is 2.44 bits per heavy atom. The molecule has 5 nitrogen and oxygen atoms in total. The molecule has 0 spiro atoms. The van der Waals surface area contributed by atoms with E-state index in [1.54, 1.807) is 0 Å². The van der Waals surface area contributed by atoms with E-state index in [2.05, 4.69) is 4.74 Å². The van der Waals surface area contributed by atoms with Gasteiger partial charge in [-0.15, -0.1) is 0 Å². The monoisotopic (exact) mass is 258 g/mol. The first-order valence-corrected chi connectivity index (χ1v) is 5.15. The van der Waals surface area contributed by atoms with Gasteiger partial charge < -0.3 is 19.3 Å². The van der Waals surface area contributed by atoms with Crippen molar-refractivity contribution in [2.75, 3.05) is 21.3 Å². The summed E-state index contributed by atoms with van der Waals surface area (Å²) in [6.07, 6.45) is -1.55. The highest BCUT2D eigenvalue weighted by Crippen LogP contribution is 2.36. The molecule has 0 saturated carbocycles. The van der Waals surface area contributed by atoms with Crippen LogP contribution in [0.25, 0.3) is 0 Å². The zero-order chi connectivity index (χ0) is 13.7. The van der Waals surface area contributed by atoms with E-state index in [1.807, 2.05) is 0 Å². The summed E-state index contributed by atoms with van der Waals surface area (Å²) in [4.78, 5) is 11.3. The zero-order valence-electron chi connectivity index (χ0n) is 10.4. The molecule has 0 aliphatic rings. The molecule has 18 heavy (non-hydrogen) atoms. The van der Waals surface area contributed by atoms with Gasteiger partial charge in [0.2, 0.25) is 0 Å². The standard InChI is InChI=1S/C12H15FO5/c1-16-9-5-7(6-13)4-8(11(9)17-2)10(14)12(15)18-3/h4-5,10,14H,6H2,1-3H3. The van der Waals surface area contributed by atoms with Gasteiger partial charge in [0.1, 0.15) is 6.67 Å². The largest absolute Gasteiger partial charge is 0.493 e. The molecule has 0 heterocycles. The molecular formula is C12H15FO5. The Hall–Kier alpha value is -1.82. The fourth-order valence-electron chi connectivity index (χ4n) is 1.57. The van der Waals surface area contributed by atoms with Gasteiger partial charge >= 0.3 is 5.97 Å². The molecule has 1 unspecified atom stereocenters. The van der Waals surface area contributed by atoms with Crippen molar-refractivity contribution in [2.45, 2.75) is 12.8 Å². The van der Waals surface area contributed by atoms with E-state index >= 15 is 0 Å². The molecule has 0 amide bonds. The Bertz CT molecular complexity index is 433. The predicted molar refractivity (Wildman–Crippen MR) is 61.3 cm³/mol. The van der Waals surface area contributed by atoms with Crippen molar-refractivity contribution in [3.05, 3.63) is 23.3 Å². The number of benzene rings is 1. The zero-order valence-corrected chi connectivity index (χ0v) is 10.4. The van der Waals surface area contributed by atoms with E-state index < -0.39 is 18.7 Å². The van der Waals surface area contributed by atoms with Crippen LogP contribution in [0, 0.1) is 0 Å². The third-order valence-corrected chi connectivity index (χ3v) is 2.44. The molecule has 0 radical (unpaired) electrons. The summed E-state index contributed by atoms with van der Waals surface area (Å²) < 4.78 is 27.2. The highest BCUT2D eigenvalue weighted by molar-refractivity contribution is 5.78. The number of ether oxygens (including phenoxy) is 3. The Kier molecular flexibility index (Phi) is 4.91. The Balaban J connectivity index is 3.34. The second kappa shape index (κ2) is 6.20.